The molecule has 96 valence electrons. The summed E-state index contributed by atoms with van der Waals surface area (Å²) in [6.45, 7) is 6.02. The van der Waals surface area contributed by atoms with Crippen molar-refractivity contribution in [3.63, 3.8) is 0 Å². The van der Waals surface area contributed by atoms with Crippen molar-refractivity contribution in [1.29, 1.82) is 0 Å². The van der Waals surface area contributed by atoms with Crippen molar-refractivity contribution in [2.45, 2.75) is 32.7 Å². The Labute approximate surface area is 117 Å². The molecular formula is C13H19BrClNO. The molecule has 0 aliphatic heterocycles. The van der Waals surface area contributed by atoms with Crippen LogP contribution >= 0.6 is 27.5 Å². The lowest BCUT2D eigenvalue weighted by molar-refractivity contribution is 0.305. The molecule has 0 bridgehead atoms. The number of ether oxygens (including phenoxy) is 1. The Balaban J connectivity index is 2.22. The normalized spacial score (nSPS) is 12.5. The molecule has 0 aliphatic carbocycles. The van der Waals surface area contributed by atoms with E-state index in [4.69, 9.17) is 16.3 Å². The summed E-state index contributed by atoms with van der Waals surface area (Å²) >= 11 is 9.41. The average Bonchev–Trinajstić information content (AvgIpc) is 2.30. The molecule has 1 rings (SSSR count). The number of rotatable bonds is 7. The third kappa shape index (κ3) is 5.75. The van der Waals surface area contributed by atoms with Crippen LogP contribution in [0.1, 0.15) is 26.7 Å². The van der Waals surface area contributed by atoms with Crippen molar-refractivity contribution in [3.05, 3.63) is 27.7 Å². The molecule has 0 heterocycles. The van der Waals surface area contributed by atoms with Gasteiger partial charge in [0.1, 0.15) is 5.75 Å². The Hall–Kier alpha value is -0.250. The average molecular weight is 321 g/mol. The van der Waals surface area contributed by atoms with E-state index in [0.29, 0.717) is 17.7 Å². The number of hydrogen-bond acceptors (Lipinski definition) is 2. The van der Waals surface area contributed by atoms with E-state index in [1.54, 1.807) is 0 Å². The summed E-state index contributed by atoms with van der Waals surface area (Å²) in [7, 11) is 0. The minimum Gasteiger partial charge on any atom is -0.492 e. The molecule has 0 fully saturated rings. The minimum atomic E-state index is 0.575. The lowest BCUT2D eigenvalue weighted by atomic mass is 10.2. The fourth-order valence-corrected chi connectivity index (χ4v) is 2.07. The van der Waals surface area contributed by atoms with Crippen molar-refractivity contribution in [3.8, 4) is 5.75 Å². The van der Waals surface area contributed by atoms with E-state index in [-0.39, 0.29) is 0 Å². The SMILES string of the molecule is CC[C@@H](C)NCCCOc1ccc(Br)cc1Cl. The minimum absolute atomic E-state index is 0.575. The Morgan fingerprint density at radius 2 is 2.24 bits per heavy atom. The van der Waals surface area contributed by atoms with Gasteiger partial charge < -0.3 is 10.1 Å². The maximum Gasteiger partial charge on any atom is 0.137 e. The number of benzene rings is 1. The van der Waals surface area contributed by atoms with Gasteiger partial charge in [0.15, 0.2) is 0 Å². The van der Waals surface area contributed by atoms with Gasteiger partial charge in [-0.25, -0.2) is 0 Å². The van der Waals surface area contributed by atoms with Crippen molar-refractivity contribution in [2.75, 3.05) is 13.2 Å². The van der Waals surface area contributed by atoms with Crippen LogP contribution in [0.25, 0.3) is 0 Å². The topological polar surface area (TPSA) is 21.3 Å². The lowest BCUT2D eigenvalue weighted by Gasteiger charge is -2.12. The van der Waals surface area contributed by atoms with Gasteiger partial charge in [-0.05, 0) is 44.5 Å². The third-order valence-corrected chi connectivity index (χ3v) is 3.37. The quantitative estimate of drug-likeness (QED) is 0.758. The summed E-state index contributed by atoms with van der Waals surface area (Å²) in [5.41, 5.74) is 0. The number of halogens is 2. The molecule has 0 saturated carbocycles. The van der Waals surface area contributed by atoms with Gasteiger partial charge in [-0.1, -0.05) is 34.5 Å². The highest BCUT2D eigenvalue weighted by atomic mass is 79.9. The monoisotopic (exact) mass is 319 g/mol. The van der Waals surface area contributed by atoms with Crippen LogP contribution in [0.15, 0.2) is 22.7 Å². The van der Waals surface area contributed by atoms with Gasteiger partial charge in [-0.2, -0.15) is 0 Å². The summed E-state index contributed by atoms with van der Waals surface area (Å²) in [6, 6.07) is 6.23. The van der Waals surface area contributed by atoms with Crippen LogP contribution in [-0.2, 0) is 0 Å². The summed E-state index contributed by atoms with van der Waals surface area (Å²) in [4.78, 5) is 0. The van der Waals surface area contributed by atoms with Crippen molar-refractivity contribution in [2.24, 2.45) is 0 Å². The van der Waals surface area contributed by atoms with E-state index in [0.717, 1.165) is 29.6 Å². The zero-order chi connectivity index (χ0) is 12.7. The first-order chi connectivity index (χ1) is 8.13. The van der Waals surface area contributed by atoms with E-state index in [2.05, 4.69) is 35.1 Å². The lowest BCUT2D eigenvalue weighted by Crippen LogP contribution is -2.27. The molecule has 17 heavy (non-hydrogen) atoms. The van der Waals surface area contributed by atoms with Crippen molar-refractivity contribution in [1.82, 2.24) is 5.32 Å². The van der Waals surface area contributed by atoms with Gasteiger partial charge in [0.05, 0.1) is 11.6 Å². The molecular weight excluding hydrogens is 302 g/mol. The molecule has 1 N–H and O–H groups in total. The van der Waals surface area contributed by atoms with Crippen LogP contribution in [-0.4, -0.2) is 19.2 Å². The molecule has 0 amide bonds. The van der Waals surface area contributed by atoms with Gasteiger partial charge in [0, 0.05) is 10.5 Å². The predicted molar refractivity (Wildman–Crippen MR) is 77.0 cm³/mol. The summed E-state index contributed by atoms with van der Waals surface area (Å²) < 4.78 is 6.58. The first kappa shape index (κ1) is 14.8. The van der Waals surface area contributed by atoms with E-state index < -0.39 is 0 Å². The van der Waals surface area contributed by atoms with E-state index in [9.17, 15) is 0 Å². The van der Waals surface area contributed by atoms with Crippen LogP contribution in [0.5, 0.6) is 5.75 Å². The van der Waals surface area contributed by atoms with Crippen LogP contribution in [0, 0.1) is 0 Å². The second-order valence-corrected chi connectivity index (χ2v) is 5.36. The maximum atomic E-state index is 6.04. The molecule has 0 aromatic heterocycles. The molecule has 0 radical (unpaired) electrons. The largest absolute Gasteiger partial charge is 0.492 e. The van der Waals surface area contributed by atoms with Crippen LogP contribution in [0.4, 0.5) is 0 Å². The van der Waals surface area contributed by atoms with E-state index >= 15 is 0 Å². The highest BCUT2D eigenvalue weighted by Gasteiger charge is 2.02. The molecule has 0 unspecified atom stereocenters. The number of nitrogens with one attached hydrogen (secondary N) is 1. The van der Waals surface area contributed by atoms with Crippen LogP contribution in [0.2, 0.25) is 5.02 Å². The second-order valence-electron chi connectivity index (χ2n) is 4.04. The molecule has 0 aliphatic rings. The Bertz CT molecular complexity index is 346. The zero-order valence-electron chi connectivity index (χ0n) is 10.3. The van der Waals surface area contributed by atoms with Crippen LogP contribution < -0.4 is 10.1 Å². The first-order valence-electron chi connectivity index (χ1n) is 5.94. The fraction of sp³-hybridized carbons (Fsp3) is 0.538. The summed E-state index contributed by atoms with van der Waals surface area (Å²) in [6.07, 6.45) is 2.14. The highest BCUT2D eigenvalue weighted by Crippen LogP contribution is 2.27. The van der Waals surface area contributed by atoms with Gasteiger partial charge in [0.25, 0.3) is 0 Å². The Kier molecular flexibility index (Phi) is 6.93. The van der Waals surface area contributed by atoms with Crippen molar-refractivity contribution >= 4 is 27.5 Å². The molecule has 2 nitrogen and oxygen atoms in total. The van der Waals surface area contributed by atoms with Gasteiger partial charge >= 0.3 is 0 Å². The second kappa shape index (κ2) is 7.96. The standard InChI is InChI=1S/C13H19BrClNO/c1-3-10(2)16-7-4-8-17-13-6-5-11(14)9-12(13)15/h5-6,9-10,16H,3-4,7-8H2,1-2H3/t10-/m1/s1. The Morgan fingerprint density at radius 3 is 2.88 bits per heavy atom. The fourth-order valence-electron chi connectivity index (χ4n) is 1.34. The molecule has 1 aromatic rings. The molecule has 4 heteroatoms. The summed E-state index contributed by atoms with van der Waals surface area (Å²) in [5.74, 6) is 0.749. The molecule has 0 spiro atoms. The van der Waals surface area contributed by atoms with Gasteiger partial charge in [-0.3, -0.25) is 0 Å². The Morgan fingerprint density at radius 1 is 1.47 bits per heavy atom. The van der Waals surface area contributed by atoms with Crippen molar-refractivity contribution < 1.29 is 4.74 Å². The predicted octanol–water partition coefficient (Wildman–Crippen LogP) is 4.26. The van der Waals surface area contributed by atoms with E-state index in [1.807, 2.05) is 18.2 Å². The van der Waals surface area contributed by atoms with Gasteiger partial charge in [-0.15, -0.1) is 0 Å². The molecule has 0 saturated heterocycles. The number of hydrogen-bond donors (Lipinski definition) is 1. The van der Waals surface area contributed by atoms with E-state index in [1.165, 1.54) is 0 Å². The van der Waals surface area contributed by atoms with Gasteiger partial charge in [0.2, 0.25) is 0 Å². The first-order valence-corrected chi connectivity index (χ1v) is 7.11. The molecule has 1 atom stereocenters. The summed E-state index contributed by atoms with van der Waals surface area (Å²) in [5, 5.41) is 4.07. The zero-order valence-corrected chi connectivity index (χ0v) is 12.6. The maximum absolute atomic E-state index is 6.04. The third-order valence-electron chi connectivity index (χ3n) is 2.58. The molecule has 1 aromatic carbocycles. The smallest absolute Gasteiger partial charge is 0.137 e. The van der Waals surface area contributed by atoms with Crippen LogP contribution in [0.3, 0.4) is 0 Å². The highest BCUT2D eigenvalue weighted by molar-refractivity contribution is 9.10.